The molecule has 0 saturated carbocycles. The summed E-state index contributed by atoms with van der Waals surface area (Å²) in [7, 11) is 0. The molecule has 0 radical (unpaired) electrons. The van der Waals surface area contributed by atoms with Crippen molar-refractivity contribution in [3.8, 4) is 0 Å². The molecule has 1 aliphatic rings. The van der Waals surface area contributed by atoms with E-state index in [1.807, 2.05) is 6.92 Å². The summed E-state index contributed by atoms with van der Waals surface area (Å²) >= 11 is 1.60. The van der Waals surface area contributed by atoms with Gasteiger partial charge in [-0.1, -0.05) is 18.7 Å². The normalized spacial score (nSPS) is 20.9. The molecule has 1 N–H and O–H groups in total. The molecule has 0 aromatic carbocycles. The predicted octanol–water partition coefficient (Wildman–Crippen LogP) is 0.664. The van der Waals surface area contributed by atoms with Crippen LogP contribution >= 0.6 is 11.8 Å². The van der Waals surface area contributed by atoms with Crippen LogP contribution in [0, 0.1) is 0 Å². The average Bonchev–Trinajstić information content (AvgIpc) is 2.37. The molecule has 1 rings (SSSR count). The third-order valence-electron chi connectivity index (χ3n) is 1.19. The van der Waals surface area contributed by atoms with Crippen LogP contribution in [0.15, 0.2) is 5.10 Å². The van der Waals surface area contributed by atoms with Gasteiger partial charge < -0.3 is 5.11 Å². The molecule has 1 unspecified atom stereocenters. The highest BCUT2D eigenvalue weighted by atomic mass is 32.2. The van der Waals surface area contributed by atoms with E-state index in [0.717, 1.165) is 12.3 Å². The van der Waals surface area contributed by atoms with Crippen molar-refractivity contribution in [3.63, 3.8) is 0 Å². The number of hydrogen-bond acceptors (Lipinski definition) is 4. The SMILES string of the molecule is CCC(O)N1CSC=N1. The van der Waals surface area contributed by atoms with Crippen molar-refractivity contribution in [2.75, 3.05) is 5.88 Å². The van der Waals surface area contributed by atoms with Gasteiger partial charge in [0.2, 0.25) is 0 Å². The van der Waals surface area contributed by atoms with Crippen LogP contribution in [-0.2, 0) is 0 Å². The van der Waals surface area contributed by atoms with Gasteiger partial charge in [-0.25, -0.2) is 0 Å². The van der Waals surface area contributed by atoms with Gasteiger partial charge in [0.25, 0.3) is 0 Å². The van der Waals surface area contributed by atoms with Gasteiger partial charge in [0, 0.05) is 0 Å². The second-order valence-corrected chi connectivity index (χ2v) is 2.65. The lowest BCUT2D eigenvalue weighted by atomic mass is 10.4. The Kier molecular flexibility index (Phi) is 2.36. The first-order valence-corrected chi connectivity index (χ1v) is 3.98. The van der Waals surface area contributed by atoms with Gasteiger partial charge in [-0.05, 0) is 6.42 Å². The minimum absolute atomic E-state index is 0.392. The molecule has 52 valence electrons. The summed E-state index contributed by atoms with van der Waals surface area (Å²) in [6.45, 7) is 1.93. The second-order valence-electron chi connectivity index (χ2n) is 1.84. The zero-order valence-electron chi connectivity index (χ0n) is 5.32. The third kappa shape index (κ3) is 1.59. The Labute approximate surface area is 58.7 Å². The Morgan fingerprint density at radius 1 is 2.00 bits per heavy atom. The van der Waals surface area contributed by atoms with Crippen LogP contribution in [0.3, 0.4) is 0 Å². The van der Waals surface area contributed by atoms with E-state index in [0.29, 0.717) is 0 Å². The van der Waals surface area contributed by atoms with Crippen LogP contribution in [0.25, 0.3) is 0 Å². The van der Waals surface area contributed by atoms with E-state index in [1.54, 1.807) is 22.3 Å². The molecule has 0 bridgehead atoms. The van der Waals surface area contributed by atoms with Crippen LogP contribution in [0.4, 0.5) is 0 Å². The van der Waals surface area contributed by atoms with E-state index in [4.69, 9.17) is 5.11 Å². The summed E-state index contributed by atoms with van der Waals surface area (Å²) in [5.74, 6) is 0.787. The lowest BCUT2D eigenvalue weighted by Gasteiger charge is -2.17. The number of nitrogens with zero attached hydrogens (tertiary/aromatic N) is 2. The Morgan fingerprint density at radius 3 is 3.22 bits per heavy atom. The molecule has 9 heavy (non-hydrogen) atoms. The van der Waals surface area contributed by atoms with Crippen molar-refractivity contribution in [3.05, 3.63) is 0 Å². The lowest BCUT2D eigenvalue weighted by Crippen LogP contribution is -2.26. The van der Waals surface area contributed by atoms with Crippen LogP contribution in [0.1, 0.15) is 13.3 Å². The summed E-state index contributed by atoms with van der Waals surface area (Å²) < 4.78 is 0. The van der Waals surface area contributed by atoms with Crippen molar-refractivity contribution in [1.29, 1.82) is 0 Å². The van der Waals surface area contributed by atoms with Crippen molar-refractivity contribution < 1.29 is 5.11 Å². The highest BCUT2D eigenvalue weighted by molar-refractivity contribution is 8.12. The molecule has 1 atom stereocenters. The minimum atomic E-state index is -0.392. The number of hydrogen-bond donors (Lipinski definition) is 1. The summed E-state index contributed by atoms with van der Waals surface area (Å²) in [5, 5.41) is 14.8. The van der Waals surface area contributed by atoms with Crippen molar-refractivity contribution in [2.24, 2.45) is 5.10 Å². The predicted molar refractivity (Wildman–Crippen MR) is 39.1 cm³/mol. The van der Waals surface area contributed by atoms with Crippen LogP contribution in [0.2, 0.25) is 0 Å². The van der Waals surface area contributed by atoms with Crippen LogP contribution in [-0.4, -0.2) is 27.8 Å². The summed E-state index contributed by atoms with van der Waals surface area (Å²) in [5.41, 5.74) is 1.75. The van der Waals surface area contributed by atoms with Gasteiger partial charge in [0.1, 0.15) is 6.23 Å². The summed E-state index contributed by atoms with van der Waals surface area (Å²) in [6.07, 6.45) is 0.342. The number of thioether (sulfide) groups is 1. The Balaban J connectivity index is 2.33. The van der Waals surface area contributed by atoms with E-state index in [-0.39, 0.29) is 0 Å². The van der Waals surface area contributed by atoms with Crippen molar-refractivity contribution >= 4 is 17.3 Å². The van der Waals surface area contributed by atoms with Gasteiger partial charge in [-0.15, -0.1) is 0 Å². The third-order valence-corrected chi connectivity index (χ3v) is 1.84. The lowest BCUT2D eigenvalue weighted by molar-refractivity contribution is 0.0192. The van der Waals surface area contributed by atoms with Gasteiger partial charge in [0.15, 0.2) is 0 Å². The van der Waals surface area contributed by atoms with Gasteiger partial charge in [-0.3, -0.25) is 5.01 Å². The number of aliphatic hydroxyl groups excluding tert-OH is 1. The quantitative estimate of drug-likeness (QED) is 0.621. The molecule has 1 aliphatic heterocycles. The molecule has 0 fully saturated rings. The van der Waals surface area contributed by atoms with E-state index in [9.17, 15) is 0 Å². The van der Waals surface area contributed by atoms with E-state index < -0.39 is 6.23 Å². The van der Waals surface area contributed by atoms with Gasteiger partial charge in [-0.2, -0.15) is 5.10 Å². The molecule has 4 heteroatoms. The maximum atomic E-state index is 9.16. The standard InChI is InChI=1S/C5H10N2OS/c1-2-5(8)7-4-9-3-6-7/h3,5,8H,2,4H2,1H3. The Hall–Kier alpha value is -0.220. The minimum Gasteiger partial charge on any atom is -0.372 e. The molecule has 0 aliphatic carbocycles. The highest BCUT2D eigenvalue weighted by Crippen LogP contribution is 2.13. The van der Waals surface area contributed by atoms with E-state index in [2.05, 4.69) is 5.10 Å². The van der Waals surface area contributed by atoms with Crippen LogP contribution in [0.5, 0.6) is 0 Å². The number of aliphatic hydroxyl groups is 1. The van der Waals surface area contributed by atoms with Crippen LogP contribution < -0.4 is 0 Å². The fourth-order valence-corrected chi connectivity index (χ4v) is 1.26. The molecule has 3 nitrogen and oxygen atoms in total. The highest BCUT2D eigenvalue weighted by Gasteiger charge is 2.12. The first-order chi connectivity index (χ1) is 4.34. The van der Waals surface area contributed by atoms with Crippen molar-refractivity contribution in [2.45, 2.75) is 19.6 Å². The molecular formula is C5H10N2OS. The summed E-state index contributed by atoms with van der Waals surface area (Å²) in [6, 6.07) is 0. The molecular weight excluding hydrogens is 136 g/mol. The summed E-state index contributed by atoms with van der Waals surface area (Å²) in [4.78, 5) is 0. The monoisotopic (exact) mass is 146 g/mol. The number of rotatable bonds is 2. The number of hydrazone groups is 1. The Bertz CT molecular complexity index is 118. The van der Waals surface area contributed by atoms with Crippen molar-refractivity contribution in [1.82, 2.24) is 5.01 Å². The van der Waals surface area contributed by atoms with E-state index in [1.165, 1.54) is 0 Å². The molecule has 0 aromatic heterocycles. The largest absolute Gasteiger partial charge is 0.372 e. The molecule has 0 spiro atoms. The smallest absolute Gasteiger partial charge is 0.143 e. The molecule has 0 aromatic rings. The van der Waals surface area contributed by atoms with Gasteiger partial charge in [0.05, 0.1) is 11.4 Å². The maximum Gasteiger partial charge on any atom is 0.143 e. The van der Waals surface area contributed by atoms with Gasteiger partial charge >= 0.3 is 0 Å². The first-order valence-electron chi connectivity index (χ1n) is 2.93. The fourth-order valence-electron chi connectivity index (χ4n) is 0.611. The molecule has 1 heterocycles. The zero-order valence-corrected chi connectivity index (χ0v) is 6.14. The Morgan fingerprint density at radius 2 is 2.78 bits per heavy atom. The molecule has 0 saturated heterocycles. The topological polar surface area (TPSA) is 35.8 Å². The maximum absolute atomic E-state index is 9.16. The molecule has 0 amide bonds. The average molecular weight is 146 g/mol. The van der Waals surface area contributed by atoms with E-state index >= 15 is 0 Å². The second kappa shape index (κ2) is 3.08. The first kappa shape index (κ1) is 6.89. The fraction of sp³-hybridized carbons (Fsp3) is 0.800. The zero-order chi connectivity index (χ0) is 6.69.